The molecule has 0 unspecified atom stereocenters. The molecule has 0 fully saturated rings. The summed E-state index contributed by atoms with van der Waals surface area (Å²) >= 11 is 0. The first-order valence-corrected chi connectivity index (χ1v) is 6.72. The minimum Gasteiger partial charge on any atom is -0.399 e. The van der Waals surface area contributed by atoms with E-state index in [0.717, 1.165) is 22.4 Å². The topological polar surface area (TPSA) is 55.0 Å². The van der Waals surface area contributed by atoms with E-state index < -0.39 is 0 Å². The molecule has 0 aliphatic carbocycles. The van der Waals surface area contributed by atoms with Crippen LogP contribution >= 0.6 is 0 Å². The van der Waals surface area contributed by atoms with Crippen molar-refractivity contribution in [3.8, 4) is 0 Å². The predicted molar refractivity (Wildman–Crippen MR) is 83.0 cm³/mol. The lowest BCUT2D eigenvalue weighted by Gasteiger charge is -2.23. The smallest absolute Gasteiger partial charge is 0.144 e. The highest BCUT2D eigenvalue weighted by atomic mass is 19.1. The van der Waals surface area contributed by atoms with Crippen LogP contribution in [-0.2, 0) is 0 Å². The van der Waals surface area contributed by atoms with Crippen LogP contribution in [0.5, 0.6) is 0 Å². The zero-order valence-electron chi connectivity index (χ0n) is 11.6. The molecule has 0 amide bonds. The van der Waals surface area contributed by atoms with Gasteiger partial charge in [-0.2, -0.15) is 0 Å². The summed E-state index contributed by atoms with van der Waals surface area (Å²) in [6.45, 7) is 2.66. The number of benzene rings is 2. The average molecular weight is 282 g/mol. The minimum absolute atomic E-state index is 0.270. The fourth-order valence-electron chi connectivity index (χ4n) is 2.37. The highest BCUT2D eigenvalue weighted by molar-refractivity contribution is 5.92. The summed E-state index contributed by atoms with van der Waals surface area (Å²) in [6, 6.07) is 12.0. The number of aromatic nitrogens is 2. The Kier molecular flexibility index (Phi) is 3.39. The summed E-state index contributed by atoms with van der Waals surface area (Å²) in [7, 11) is 0. The molecular weight excluding hydrogens is 267 g/mol. The third-order valence-corrected chi connectivity index (χ3v) is 3.33. The van der Waals surface area contributed by atoms with E-state index in [2.05, 4.69) is 9.97 Å². The van der Waals surface area contributed by atoms with Gasteiger partial charge >= 0.3 is 0 Å². The highest BCUT2D eigenvalue weighted by Gasteiger charge is 2.13. The molecular formula is C16H15FN4. The van der Waals surface area contributed by atoms with E-state index >= 15 is 0 Å². The summed E-state index contributed by atoms with van der Waals surface area (Å²) in [5.74, 6) is 0.474. The maximum atomic E-state index is 13.5. The summed E-state index contributed by atoms with van der Waals surface area (Å²) in [5, 5.41) is 0.887. The standard InChI is InChI=1S/C16H15FN4/c1-2-21(13-5-3-4-11(17)8-13)16-14-7-6-12(18)9-15(14)19-10-20-16/h3-10H,2,18H2,1H3. The van der Waals surface area contributed by atoms with E-state index in [9.17, 15) is 4.39 Å². The minimum atomic E-state index is -0.270. The van der Waals surface area contributed by atoms with E-state index in [0.29, 0.717) is 12.2 Å². The Morgan fingerprint density at radius 1 is 1.14 bits per heavy atom. The van der Waals surface area contributed by atoms with Crippen molar-refractivity contribution in [3.63, 3.8) is 0 Å². The van der Waals surface area contributed by atoms with Crippen molar-refractivity contribution in [1.82, 2.24) is 9.97 Å². The zero-order chi connectivity index (χ0) is 14.8. The number of anilines is 3. The van der Waals surface area contributed by atoms with Crippen LogP contribution in [0.3, 0.4) is 0 Å². The Morgan fingerprint density at radius 3 is 2.76 bits per heavy atom. The molecule has 0 atom stereocenters. The van der Waals surface area contributed by atoms with Gasteiger partial charge in [0.05, 0.1) is 5.52 Å². The molecule has 21 heavy (non-hydrogen) atoms. The number of rotatable bonds is 3. The van der Waals surface area contributed by atoms with Crippen molar-refractivity contribution >= 4 is 28.1 Å². The van der Waals surface area contributed by atoms with E-state index in [1.54, 1.807) is 12.1 Å². The lowest BCUT2D eigenvalue weighted by atomic mass is 10.2. The molecule has 5 heteroatoms. The summed E-state index contributed by atoms with van der Waals surface area (Å²) in [5.41, 5.74) is 7.98. The summed E-state index contributed by atoms with van der Waals surface area (Å²) in [6.07, 6.45) is 1.50. The van der Waals surface area contributed by atoms with Crippen LogP contribution in [0.1, 0.15) is 6.92 Å². The van der Waals surface area contributed by atoms with Gasteiger partial charge in [0.25, 0.3) is 0 Å². The van der Waals surface area contributed by atoms with Gasteiger partial charge in [-0.3, -0.25) is 0 Å². The number of nitrogens with zero attached hydrogens (tertiary/aromatic N) is 3. The Morgan fingerprint density at radius 2 is 2.00 bits per heavy atom. The lowest BCUT2D eigenvalue weighted by Crippen LogP contribution is -2.18. The van der Waals surface area contributed by atoms with Crippen molar-refractivity contribution < 1.29 is 4.39 Å². The van der Waals surface area contributed by atoms with Crippen molar-refractivity contribution in [2.75, 3.05) is 17.2 Å². The van der Waals surface area contributed by atoms with Crippen LogP contribution in [0, 0.1) is 5.82 Å². The molecule has 3 rings (SSSR count). The monoisotopic (exact) mass is 282 g/mol. The highest BCUT2D eigenvalue weighted by Crippen LogP contribution is 2.30. The van der Waals surface area contributed by atoms with Crippen LogP contribution in [0.4, 0.5) is 21.6 Å². The fraction of sp³-hybridized carbons (Fsp3) is 0.125. The van der Waals surface area contributed by atoms with Gasteiger partial charge in [0.15, 0.2) is 0 Å². The molecule has 3 aromatic rings. The van der Waals surface area contributed by atoms with Crippen LogP contribution in [0.15, 0.2) is 48.8 Å². The first kappa shape index (κ1) is 13.3. The molecule has 0 saturated heterocycles. The molecule has 2 aromatic carbocycles. The molecule has 0 aliphatic rings. The first-order valence-electron chi connectivity index (χ1n) is 6.72. The second-order valence-corrected chi connectivity index (χ2v) is 4.70. The SMILES string of the molecule is CCN(c1cccc(F)c1)c1ncnc2cc(N)ccc12. The number of halogens is 1. The second-order valence-electron chi connectivity index (χ2n) is 4.70. The van der Waals surface area contributed by atoms with E-state index in [1.807, 2.05) is 30.0 Å². The quantitative estimate of drug-likeness (QED) is 0.747. The molecule has 0 radical (unpaired) electrons. The normalized spacial score (nSPS) is 10.8. The van der Waals surface area contributed by atoms with Crippen LogP contribution in [0.25, 0.3) is 10.9 Å². The average Bonchev–Trinajstić information content (AvgIpc) is 2.48. The van der Waals surface area contributed by atoms with Crippen LogP contribution in [-0.4, -0.2) is 16.5 Å². The lowest BCUT2D eigenvalue weighted by molar-refractivity contribution is 0.627. The number of hydrogen-bond acceptors (Lipinski definition) is 4. The molecule has 4 nitrogen and oxygen atoms in total. The number of hydrogen-bond donors (Lipinski definition) is 1. The van der Waals surface area contributed by atoms with Gasteiger partial charge < -0.3 is 10.6 Å². The van der Waals surface area contributed by atoms with Gasteiger partial charge in [0.2, 0.25) is 0 Å². The molecule has 2 N–H and O–H groups in total. The van der Waals surface area contributed by atoms with E-state index in [-0.39, 0.29) is 5.82 Å². The van der Waals surface area contributed by atoms with Crippen molar-refractivity contribution in [2.45, 2.75) is 6.92 Å². The van der Waals surface area contributed by atoms with Gasteiger partial charge in [0, 0.05) is 23.3 Å². The summed E-state index contributed by atoms with van der Waals surface area (Å²) < 4.78 is 13.5. The molecule has 0 spiro atoms. The Labute approximate surface area is 122 Å². The molecule has 106 valence electrons. The van der Waals surface area contributed by atoms with Crippen molar-refractivity contribution in [2.24, 2.45) is 0 Å². The predicted octanol–water partition coefficient (Wildman–Crippen LogP) is 3.51. The number of fused-ring (bicyclic) bond motifs is 1. The Balaban J connectivity index is 2.17. The van der Waals surface area contributed by atoms with Gasteiger partial charge in [0.1, 0.15) is 18.0 Å². The molecule has 1 aromatic heterocycles. The molecule has 1 heterocycles. The van der Waals surface area contributed by atoms with Crippen molar-refractivity contribution in [1.29, 1.82) is 0 Å². The number of nitrogens with two attached hydrogens (primary N) is 1. The van der Waals surface area contributed by atoms with Crippen molar-refractivity contribution in [3.05, 3.63) is 54.6 Å². The zero-order valence-corrected chi connectivity index (χ0v) is 11.6. The third-order valence-electron chi connectivity index (χ3n) is 3.33. The van der Waals surface area contributed by atoms with E-state index in [1.165, 1.54) is 18.5 Å². The van der Waals surface area contributed by atoms with E-state index in [4.69, 9.17) is 5.73 Å². The van der Waals surface area contributed by atoms with Gasteiger partial charge in [-0.05, 0) is 43.3 Å². The first-order chi connectivity index (χ1) is 10.2. The number of nitrogen functional groups attached to an aromatic ring is 1. The Hall–Kier alpha value is -2.69. The fourth-order valence-corrected chi connectivity index (χ4v) is 2.37. The maximum absolute atomic E-state index is 13.5. The largest absolute Gasteiger partial charge is 0.399 e. The molecule has 0 aliphatic heterocycles. The Bertz CT molecular complexity index is 788. The third kappa shape index (κ3) is 2.50. The molecule has 0 saturated carbocycles. The van der Waals surface area contributed by atoms with Gasteiger partial charge in [-0.1, -0.05) is 6.07 Å². The van der Waals surface area contributed by atoms with Gasteiger partial charge in [-0.25, -0.2) is 14.4 Å². The van der Waals surface area contributed by atoms with Gasteiger partial charge in [-0.15, -0.1) is 0 Å². The molecule has 0 bridgehead atoms. The van der Waals surface area contributed by atoms with Crippen LogP contribution < -0.4 is 10.6 Å². The second kappa shape index (κ2) is 5.36. The maximum Gasteiger partial charge on any atom is 0.144 e. The van der Waals surface area contributed by atoms with Crippen LogP contribution in [0.2, 0.25) is 0 Å². The summed E-state index contributed by atoms with van der Waals surface area (Å²) in [4.78, 5) is 10.6.